The van der Waals surface area contributed by atoms with Gasteiger partial charge >= 0.3 is 0 Å². The van der Waals surface area contributed by atoms with Gasteiger partial charge in [0.25, 0.3) is 0 Å². The predicted octanol–water partition coefficient (Wildman–Crippen LogP) is 2.87. The van der Waals surface area contributed by atoms with Gasteiger partial charge in [-0.3, -0.25) is 0 Å². The van der Waals surface area contributed by atoms with Crippen LogP contribution in [0, 0.1) is 5.92 Å². The summed E-state index contributed by atoms with van der Waals surface area (Å²) in [6.45, 7) is 2.71. The van der Waals surface area contributed by atoms with E-state index in [2.05, 4.69) is 12.2 Å². The Balaban J connectivity index is 1.66. The zero-order chi connectivity index (χ0) is 12.1. The van der Waals surface area contributed by atoms with Gasteiger partial charge in [-0.1, -0.05) is 25.7 Å². The Kier molecular flexibility index (Phi) is 4.63. The van der Waals surface area contributed by atoms with Gasteiger partial charge in [-0.05, 0) is 31.4 Å². The van der Waals surface area contributed by atoms with E-state index in [-0.39, 0.29) is 12.1 Å². The fourth-order valence-electron chi connectivity index (χ4n) is 2.67. The standard InChI is InChI=1S/C14H23NO2/c1-11(14-7-4-8-17-14)15-10-13(16)9-12-5-2-3-6-12/h4,7-8,11-13,15-16H,2-3,5-6,9-10H2,1H3. The summed E-state index contributed by atoms with van der Waals surface area (Å²) in [6.07, 6.45) is 7.67. The summed E-state index contributed by atoms with van der Waals surface area (Å²) in [5.41, 5.74) is 0. The van der Waals surface area contributed by atoms with Crippen LogP contribution in [0.2, 0.25) is 0 Å². The number of nitrogens with one attached hydrogen (secondary N) is 1. The van der Waals surface area contributed by atoms with E-state index in [4.69, 9.17) is 4.42 Å². The van der Waals surface area contributed by atoms with Crippen LogP contribution in [0.25, 0.3) is 0 Å². The van der Waals surface area contributed by atoms with Gasteiger partial charge in [0.05, 0.1) is 18.4 Å². The number of furan rings is 1. The summed E-state index contributed by atoms with van der Waals surface area (Å²) < 4.78 is 5.32. The maximum atomic E-state index is 9.96. The first-order chi connectivity index (χ1) is 8.25. The van der Waals surface area contributed by atoms with Gasteiger partial charge in [0.15, 0.2) is 0 Å². The normalized spacial score (nSPS) is 20.6. The molecule has 2 atom stereocenters. The molecule has 2 N–H and O–H groups in total. The SMILES string of the molecule is CC(NCC(O)CC1CCCC1)c1ccco1. The van der Waals surface area contributed by atoms with Crippen LogP contribution in [0.4, 0.5) is 0 Å². The Morgan fingerprint density at radius 3 is 2.88 bits per heavy atom. The molecule has 1 fully saturated rings. The Morgan fingerprint density at radius 1 is 1.47 bits per heavy atom. The van der Waals surface area contributed by atoms with Crippen molar-refractivity contribution in [2.24, 2.45) is 5.92 Å². The first kappa shape index (κ1) is 12.7. The fourth-order valence-corrected chi connectivity index (χ4v) is 2.67. The minimum absolute atomic E-state index is 0.170. The Hall–Kier alpha value is -0.800. The molecule has 3 heteroatoms. The molecule has 2 rings (SSSR count). The monoisotopic (exact) mass is 237 g/mol. The van der Waals surface area contributed by atoms with E-state index in [1.807, 2.05) is 12.1 Å². The topological polar surface area (TPSA) is 45.4 Å². The average Bonchev–Trinajstić information content (AvgIpc) is 2.97. The molecular formula is C14H23NO2. The summed E-state index contributed by atoms with van der Waals surface area (Å²) in [5.74, 6) is 1.67. The van der Waals surface area contributed by atoms with Crippen molar-refractivity contribution in [3.05, 3.63) is 24.2 Å². The molecule has 1 aromatic rings. The molecule has 0 aromatic carbocycles. The molecule has 0 saturated heterocycles. The molecule has 1 aliphatic rings. The van der Waals surface area contributed by atoms with Crippen LogP contribution >= 0.6 is 0 Å². The van der Waals surface area contributed by atoms with Crippen molar-refractivity contribution in [3.8, 4) is 0 Å². The number of aliphatic hydroxyl groups is 1. The van der Waals surface area contributed by atoms with Crippen molar-refractivity contribution < 1.29 is 9.52 Å². The lowest BCUT2D eigenvalue weighted by Gasteiger charge is -2.18. The lowest BCUT2D eigenvalue weighted by Crippen LogP contribution is -2.30. The molecule has 96 valence electrons. The molecule has 1 saturated carbocycles. The van der Waals surface area contributed by atoms with Gasteiger partial charge in [0.2, 0.25) is 0 Å². The second-order valence-corrected chi connectivity index (χ2v) is 5.19. The molecule has 0 radical (unpaired) electrons. The molecule has 2 unspecified atom stereocenters. The summed E-state index contributed by atoms with van der Waals surface area (Å²) in [7, 11) is 0. The van der Waals surface area contributed by atoms with E-state index < -0.39 is 0 Å². The zero-order valence-electron chi connectivity index (χ0n) is 10.6. The van der Waals surface area contributed by atoms with Crippen LogP contribution in [-0.2, 0) is 0 Å². The Morgan fingerprint density at radius 2 is 2.24 bits per heavy atom. The highest BCUT2D eigenvalue weighted by molar-refractivity contribution is 5.02. The van der Waals surface area contributed by atoms with Crippen molar-refractivity contribution in [1.29, 1.82) is 0 Å². The van der Waals surface area contributed by atoms with Crippen molar-refractivity contribution in [1.82, 2.24) is 5.32 Å². The minimum atomic E-state index is -0.226. The van der Waals surface area contributed by atoms with Crippen molar-refractivity contribution >= 4 is 0 Å². The van der Waals surface area contributed by atoms with Crippen LogP contribution in [0.1, 0.15) is 50.8 Å². The van der Waals surface area contributed by atoms with E-state index in [1.165, 1.54) is 25.7 Å². The summed E-state index contributed by atoms with van der Waals surface area (Å²) in [4.78, 5) is 0. The minimum Gasteiger partial charge on any atom is -0.468 e. The third-order valence-corrected chi connectivity index (χ3v) is 3.71. The maximum Gasteiger partial charge on any atom is 0.120 e. The highest BCUT2D eigenvalue weighted by Crippen LogP contribution is 2.28. The quantitative estimate of drug-likeness (QED) is 0.799. The number of hydrogen-bond acceptors (Lipinski definition) is 3. The molecule has 1 aromatic heterocycles. The highest BCUT2D eigenvalue weighted by Gasteiger charge is 2.19. The van der Waals surface area contributed by atoms with Crippen LogP contribution < -0.4 is 5.32 Å². The molecule has 0 aliphatic heterocycles. The molecule has 17 heavy (non-hydrogen) atoms. The van der Waals surface area contributed by atoms with E-state index >= 15 is 0 Å². The predicted molar refractivity (Wildman–Crippen MR) is 67.7 cm³/mol. The molecule has 0 amide bonds. The van der Waals surface area contributed by atoms with Crippen molar-refractivity contribution in [2.45, 2.75) is 51.2 Å². The second kappa shape index (κ2) is 6.22. The largest absolute Gasteiger partial charge is 0.468 e. The van der Waals surface area contributed by atoms with Gasteiger partial charge in [-0.15, -0.1) is 0 Å². The van der Waals surface area contributed by atoms with E-state index in [0.717, 1.165) is 18.1 Å². The average molecular weight is 237 g/mol. The molecule has 1 aliphatic carbocycles. The molecule has 1 heterocycles. The highest BCUT2D eigenvalue weighted by atomic mass is 16.3. The zero-order valence-corrected chi connectivity index (χ0v) is 10.6. The number of hydrogen-bond donors (Lipinski definition) is 2. The summed E-state index contributed by atoms with van der Waals surface area (Å²) in [6, 6.07) is 4.02. The lowest BCUT2D eigenvalue weighted by molar-refractivity contribution is 0.136. The van der Waals surface area contributed by atoms with Gasteiger partial charge in [-0.2, -0.15) is 0 Å². The van der Waals surface area contributed by atoms with E-state index in [1.54, 1.807) is 6.26 Å². The van der Waals surface area contributed by atoms with Gasteiger partial charge in [-0.25, -0.2) is 0 Å². The second-order valence-electron chi connectivity index (χ2n) is 5.19. The Labute approximate surface area is 103 Å². The van der Waals surface area contributed by atoms with Crippen LogP contribution in [0.15, 0.2) is 22.8 Å². The van der Waals surface area contributed by atoms with Crippen LogP contribution in [0.3, 0.4) is 0 Å². The van der Waals surface area contributed by atoms with E-state index in [9.17, 15) is 5.11 Å². The van der Waals surface area contributed by atoms with Gasteiger partial charge in [0.1, 0.15) is 5.76 Å². The summed E-state index contributed by atoms with van der Waals surface area (Å²) >= 11 is 0. The smallest absolute Gasteiger partial charge is 0.120 e. The Bertz CT molecular complexity index is 304. The fraction of sp³-hybridized carbons (Fsp3) is 0.714. The van der Waals surface area contributed by atoms with Crippen molar-refractivity contribution in [2.75, 3.05) is 6.54 Å². The van der Waals surface area contributed by atoms with E-state index in [0.29, 0.717) is 6.54 Å². The molecular weight excluding hydrogens is 214 g/mol. The molecule has 0 bridgehead atoms. The summed E-state index contributed by atoms with van der Waals surface area (Å²) in [5, 5.41) is 13.3. The van der Waals surface area contributed by atoms with Crippen LogP contribution in [0.5, 0.6) is 0 Å². The lowest BCUT2D eigenvalue weighted by atomic mass is 10.00. The molecule has 3 nitrogen and oxygen atoms in total. The van der Waals surface area contributed by atoms with Crippen molar-refractivity contribution in [3.63, 3.8) is 0 Å². The number of aliphatic hydroxyl groups excluding tert-OH is 1. The first-order valence-electron chi connectivity index (χ1n) is 6.70. The molecule has 0 spiro atoms. The van der Waals surface area contributed by atoms with Crippen LogP contribution in [-0.4, -0.2) is 17.8 Å². The van der Waals surface area contributed by atoms with Gasteiger partial charge < -0.3 is 14.8 Å². The number of rotatable bonds is 6. The van der Waals surface area contributed by atoms with Gasteiger partial charge in [0, 0.05) is 6.54 Å². The maximum absolute atomic E-state index is 9.96. The first-order valence-corrected chi connectivity index (χ1v) is 6.70. The third kappa shape index (κ3) is 3.86. The third-order valence-electron chi connectivity index (χ3n) is 3.71.